The molecule has 1 unspecified atom stereocenters. The van der Waals surface area contributed by atoms with Gasteiger partial charge in [-0.15, -0.1) is 11.3 Å². The second-order valence-corrected chi connectivity index (χ2v) is 4.87. The molecule has 1 aromatic carbocycles. The molecule has 1 atom stereocenters. The summed E-state index contributed by atoms with van der Waals surface area (Å²) in [5.41, 5.74) is 0.212. The Morgan fingerprint density at radius 3 is 2.89 bits per heavy atom. The summed E-state index contributed by atoms with van der Waals surface area (Å²) in [7, 11) is 1.50. The van der Waals surface area contributed by atoms with Crippen molar-refractivity contribution in [1.29, 1.82) is 0 Å². The first-order chi connectivity index (χ1) is 9.11. The molecule has 0 aliphatic heterocycles. The molecule has 5 nitrogen and oxygen atoms in total. The molecule has 1 aromatic heterocycles. The van der Waals surface area contributed by atoms with Gasteiger partial charge in [0.2, 0.25) is 0 Å². The number of rotatable bonds is 4. The zero-order valence-corrected chi connectivity index (χ0v) is 11.4. The average molecular weight is 278 g/mol. The highest BCUT2D eigenvalue weighted by molar-refractivity contribution is 7.09. The summed E-state index contributed by atoms with van der Waals surface area (Å²) < 4.78 is 4.97. The van der Waals surface area contributed by atoms with E-state index in [9.17, 15) is 9.90 Å². The monoisotopic (exact) mass is 278 g/mol. The predicted molar refractivity (Wildman–Crippen MR) is 72.7 cm³/mol. The maximum absolute atomic E-state index is 12.0. The number of aromatic nitrogens is 1. The van der Waals surface area contributed by atoms with Crippen molar-refractivity contribution in [2.75, 3.05) is 7.11 Å². The van der Waals surface area contributed by atoms with Crippen molar-refractivity contribution >= 4 is 17.2 Å². The number of thiazole rings is 1. The van der Waals surface area contributed by atoms with Gasteiger partial charge in [0.05, 0.1) is 18.7 Å². The quantitative estimate of drug-likeness (QED) is 0.900. The van der Waals surface area contributed by atoms with Crippen molar-refractivity contribution in [3.8, 4) is 11.5 Å². The third-order valence-corrected chi connectivity index (χ3v) is 3.58. The minimum Gasteiger partial charge on any atom is -0.507 e. The third kappa shape index (κ3) is 3.03. The number of methoxy groups -OCH3 is 1. The van der Waals surface area contributed by atoms with Crippen molar-refractivity contribution in [3.63, 3.8) is 0 Å². The van der Waals surface area contributed by atoms with Gasteiger partial charge in [0.15, 0.2) is 0 Å². The van der Waals surface area contributed by atoms with Crippen LogP contribution in [-0.4, -0.2) is 23.1 Å². The lowest BCUT2D eigenvalue weighted by molar-refractivity contribution is 0.0937. The fourth-order valence-electron chi connectivity index (χ4n) is 1.61. The van der Waals surface area contributed by atoms with Gasteiger partial charge < -0.3 is 15.2 Å². The van der Waals surface area contributed by atoms with E-state index in [-0.39, 0.29) is 23.3 Å². The first-order valence-electron chi connectivity index (χ1n) is 5.69. The largest absolute Gasteiger partial charge is 0.507 e. The molecule has 1 heterocycles. The summed E-state index contributed by atoms with van der Waals surface area (Å²) in [4.78, 5) is 16.2. The normalized spacial score (nSPS) is 11.9. The van der Waals surface area contributed by atoms with Crippen molar-refractivity contribution in [3.05, 3.63) is 40.3 Å². The minimum absolute atomic E-state index is 0.108. The molecule has 0 spiro atoms. The van der Waals surface area contributed by atoms with E-state index in [4.69, 9.17) is 4.74 Å². The van der Waals surface area contributed by atoms with E-state index in [1.165, 1.54) is 30.6 Å². The van der Waals surface area contributed by atoms with Crippen LogP contribution in [0.1, 0.15) is 28.3 Å². The van der Waals surface area contributed by atoms with E-state index in [1.54, 1.807) is 12.3 Å². The Morgan fingerprint density at radius 1 is 1.53 bits per heavy atom. The van der Waals surface area contributed by atoms with Crippen LogP contribution in [0.2, 0.25) is 0 Å². The van der Waals surface area contributed by atoms with Crippen molar-refractivity contribution in [2.45, 2.75) is 13.0 Å². The molecule has 2 aromatic rings. The highest BCUT2D eigenvalue weighted by Gasteiger charge is 2.16. The van der Waals surface area contributed by atoms with E-state index in [0.717, 1.165) is 5.01 Å². The van der Waals surface area contributed by atoms with Crippen LogP contribution < -0.4 is 10.1 Å². The predicted octanol–water partition coefficient (Wildman–Crippen LogP) is 2.35. The van der Waals surface area contributed by atoms with Gasteiger partial charge in [-0.2, -0.15) is 0 Å². The number of carbonyl (C=O) groups excluding carboxylic acids is 1. The molecule has 6 heteroatoms. The number of hydrogen-bond donors (Lipinski definition) is 2. The zero-order valence-electron chi connectivity index (χ0n) is 10.6. The highest BCUT2D eigenvalue weighted by atomic mass is 32.1. The van der Waals surface area contributed by atoms with E-state index in [0.29, 0.717) is 5.75 Å². The molecule has 2 N–H and O–H groups in total. The van der Waals surface area contributed by atoms with Crippen molar-refractivity contribution in [2.24, 2.45) is 0 Å². The second-order valence-electron chi connectivity index (χ2n) is 3.95. The number of nitrogens with one attached hydrogen (secondary N) is 1. The molecule has 0 aliphatic carbocycles. The molecule has 0 saturated heterocycles. The molecule has 1 amide bonds. The summed E-state index contributed by atoms with van der Waals surface area (Å²) in [6, 6.07) is 4.36. The van der Waals surface area contributed by atoms with Crippen LogP contribution in [0.25, 0.3) is 0 Å². The summed E-state index contributed by atoms with van der Waals surface area (Å²) in [6.07, 6.45) is 1.69. The Kier molecular flexibility index (Phi) is 4.01. The molecule has 0 fully saturated rings. The lowest BCUT2D eigenvalue weighted by atomic mass is 10.1. The number of amides is 1. The third-order valence-electron chi connectivity index (χ3n) is 2.62. The average Bonchev–Trinajstić information content (AvgIpc) is 2.92. The van der Waals surface area contributed by atoms with Gasteiger partial charge in [0.25, 0.3) is 5.91 Å². The number of nitrogens with zero attached hydrogens (tertiary/aromatic N) is 1. The number of ether oxygens (including phenoxy) is 1. The van der Waals surface area contributed by atoms with Crippen LogP contribution >= 0.6 is 11.3 Å². The lowest BCUT2D eigenvalue weighted by Gasteiger charge is -2.12. The Morgan fingerprint density at radius 2 is 2.32 bits per heavy atom. The Labute approximate surface area is 114 Å². The van der Waals surface area contributed by atoms with Gasteiger partial charge >= 0.3 is 0 Å². The first kappa shape index (κ1) is 13.4. The van der Waals surface area contributed by atoms with Gasteiger partial charge in [-0.1, -0.05) is 0 Å². The van der Waals surface area contributed by atoms with Gasteiger partial charge in [0, 0.05) is 17.6 Å². The van der Waals surface area contributed by atoms with E-state index in [2.05, 4.69) is 10.3 Å². The number of carbonyl (C=O) groups is 1. The Hall–Kier alpha value is -2.08. The molecule has 0 saturated carbocycles. The van der Waals surface area contributed by atoms with E-state index in [1.807, 2.05) is 12.3 Å². The standard InChI is InChI=1S/C13H14N2O3S/c1-8(13-14-5-6-19-13)15-12(17)10-4-3-9(18-2)7-11(10)16/h3-8,16H,1-2H3,(H,15,17). The van der Waals surface area contributed by atoms with Gasteiger partial charge in [-0.3, -0.25) is 4.79 Å². The molecule has 2 rings (SSSR count). The van der Waals surface area contributed by atoms with Crippen LogP contribution in [0.5, 0.6) is 11.5 Å². The number of benzene rings is 1. The Balaban J connectivity index is 2.12. The van der Waals surface area contributed by atoms with E-state index < -0.39 is 0 Å². The van der Waals surface area contributed by atoms with Crippen LogP contribution in [0.15, 0.2) is 29.8 Å². The minimum atomic E-state index is -0.345. The zero-order chi connectivity index (χ0) is 13.8. The number of hydrogen-bond acceptors (Lipinski definition) is 5. The van der Waals surface area contributed by atoms with Gasteiger partial charge in [0.1, 0.15) is 16.5 Å². The van der Waals surface area contributed by atoms with Crippen LogP contribution in [-0.2, 0) is 0 Å². The lowest BCUT2D eigenvalue weighted by Crippen LogP contribution is -2.26. The number of phenolic OH excluding ortho intramolecular Hbond substituents is 1. The van der Waals surface area contributed by atoms with Crippen molar-refractivity contribution in [1.82, 2.24) is 10.3 Å². The highest BCUT2D eigenvalue weighted by Crippen LogP contribution is 2.24. The SMILES string of the molecule is COc1ccc(C(=O)NC(C)c2nccs2)c(O)c1. The molecule has 0 bridgehead atoms. The summed E-state index contributed by atoms with van der Waals surface area (Å²) >= 11 is 1.47. The van der Waals surface area contributed by atoms with Crippen LogP contribution in [0, 0.1) is 0 Å². The molecule has 0 aliphatic rings. The maximum Gasteiger partial charge on any atom is 0.255 e. The summed E-state index contributed by atoms with van der Waals surface area (Å²) in [6.45, 7) is 1.84. The van der Waals surface area contributed by atoms with Gasteiger partial charge in [-0.05, 0) is 19.1 Å². The molecular weight excluding hydrogens is 264 g/mol. The maximum atomic E-state index is 12.0. The van der Waals surface area contributed by atoms with Crippen molar-refractivity contribution < 1.29 is 14.6 Å². The van der Waals surface area contributed by atoms with Gasteiger partial charge in [-0.25, -0.2) is 4.98 Å². The molecule has 100 valence electrons. The smallest absolute Gasteiger partial charge is 0.255 e. The Bertz CT molecular complexity index is 569. The fraction of sp³-hybridized carbons (Fsp3) is 0.231. The summed E-state index contributed by atoms with van der Waals surface area (Å²) in [5, 5.41) is 15.2. The number of phenols is 1. The van der Waals surface area contributed by atoms with E-state index >= 15 is 0 Å². The van der Waals surface area contributed by atoms with Crippen LogP contribution in [0.4, 0.5) is 0 Å². The first-order valence-corrected chi connectivity index (χ1v) is 6.57. The summed E-state index contributed by atoms with van der Waals surface area (Å²) in [5.74, 6) is 0.0491. The van der Waals surface area contributed by atoms with Crippen LogP contribution in [0.3, 0.4) is 0 Å². The molecule has 19 heavy (non-hydrogen) atoms. The molecular formula is C13H14N2O3S. The number of aromatic hydroxyl groups is 1. The molecule has 0 radical (unpaired) electrons. The second kappa shape index (κ2) is 5.71. The topological polar surface area (TPSA) is 71.5 Å². The fourth-order valence-corrected chi connectivity index (χ4v) is 2.26.